The van der Waals surface area contributed by atoms with Gasteiger partial charge in [0.1, 0.15) is 5.75 Å². The lowest BCUT2D eigenvalue weighted by atomic mass is 9.86. The van der Waals surface area contributed by atoms with E-state index in [1.165, 1.54) is 11.1 Å². The molecule has 1 aromatic rings. The van der Waals surface area contributed by atoms with Gasteiger partial charge in [0.05, 0.1) is 13.2 Å². The average molecular weight is 263 g/mol. The molecular weight excluding hydrogens is 238 g/mol. The molecule has 2 rings (SSSR count). The Balaban J connectivity index is 2.33. The van der Waals surface area contributed by atoms with E-state index in [2.05, 4.69) is 37.4 Å². The lowest BCUT2D eigenvalue weighted by molar-refractivity contribution is 0.0780. The number of hydrogen-bond acceptors (Lipinski definition) is 3. The maximum absolute atomic E-state index is 5.84. The van der Waals surface area contributed by atoms with Crippen LogP contribution in [0.1, 0.15) is 36.9 Å². The smallest absolute Gasteiger partial charge is 0.123 e. The minimum Gasteiger partial charge on any atom is -0.496 e. The molecule has 106 valence electrons. The maximum Gasteiger partial charge on any atom is 0.123 e. The van der Waals surface area contributed by atoms with Crippen molar-refractivity contribution in [2.24, 2.45) is 5.92 Å². The molecule has 0 aromatic heterocycles. The molecule has 1 aliphatic rings. The van der Waals surface area contributed by atoms with Gasteiger partial charge in [0, 0.05) is 24.1 Å². The number of aryl methyl sites for hydroxylation is 1. The van der Waals surface area contributed by atoms with Crippen LogP contribution in [0.4, 0.5) is 0 Å². The van der Waals surface area contributed by atoms with Crippen molar-refractivity contribution in [3.8, 4) is 5.75 Å². The Morgan fingerprint density at radius 2 is 2.26 bits per heavy atom. The van der Waals surface area contributed by atoms with E-state index in [0.717, 1.165) is 25.2 Å². The van der Waals surface area contributed by atoms with Crippen molar-refractivity contribution in [3.63, 3.8) is 0 Å². The predicted molar refractivity (Wildman–Crippen MR) is 77.7 cm³/mol. The highest BCUT2D eigenvalue weighted by molar-refractivity contribution is 5.39. The third-order valence-electron chi connectivity index (χ3n) is 4.12. The van der Waals surface area contributed by atoms with Crippen molar-refractivity contribution in [1.82, 2.24) is 5.32 Å². The number of rotatable bonds is 5. The Labute approximate surface area is 116 Å². The standard InChI is InChI=1S/C16H25NO2/c1-5-14-12(8-9-19-14)16(17-3)13-10-11(2)6-7-15(13)18-4/h6-7,10,12,14,16-17H,5,8-9H2,1-4H3. The van der Waals surface area contributed by atoms with E-state index in [-0.39, 0.29) is 0 Å². The lowest BCUT2D eigenvalue weighted by Gasteiger charge is -2.28. The summed E-state index contributed by atoms with van der Waals surface area (Å²) in [5.41, 5.74) is 2.52. The number of methoxy groups -OCH3 is 1. The number of ether oxygens (including phenoxy) is 2. The van der Waals surface area contributed by atoms with Gasteiger partial charge in [-0.1, -0.05) is 24.6 Å². The monoisotopic (exact) mass is 263 g/mol. The summed E-state index contributed by atoms with van der Waals surface area (Å²) in [6, 6.07) is 6.68. The summed E-state index contributed by atoms with van der Waals surface area (Å²) < 4.78 is 11.4. The molecule has 3 heteroatoms. The normalized spacial score (nSPS) is 24.4. The van der Waals surface area contributed by atoms with Crippen LogP contribution in [-0.2, 0) is 4.74 Å². The van der Waals surface area contributed by atoms with Gasteiger partial charge < -0.3 is 14.8 Å². The molecule has 1 aromatic carbocycles. The Kier molecular flexibility index (Phi) is 4.83. The Morgan fingerprint density at radius 3 is 2.89 bits per heavy atom. The summed E-state index contributed by atoms with van der Waals surface area (Å²) in [6.07, 6.45) is 2.53. The molecule has 3 nitrogen and oxygen atoms in total. The zero-order valence-corrected chi connectivity index (χ0v) is 12.4. The minimum atomic E-state index is 0.294. The van der Waals surface area contributed by atoms with Crippen molar-refractivity contribution in [2.45, 2.75) is 38.8 Å². The van der Waals surface area contributed by atoms with Gasteiger partial charge in [-0.3, -0.25) is 0 Å². The fourth-order valence-electron chi connectivity index (χ4n) is 3.16. The minimum absolute atomic E-state index is 0.294. The zero-order valence-electron chi connectivity index (χ0n) is 12.4. The Morgan fingerprint density at radius 1 is 1.47 bits per heavy atom. The van der Waals surface area contributed by atoms with Crippen LogP contribution < -0.4 is 10.1 Å². The summed E-state index contributed by atoms with van der Waals surface area (Å²) in [4.78, 5) is 0. The molecule has 3 atom stereocenters. The SMILES string of the molecule is CCC1OCCC1C(NC)c1cc(C)ccc1OC. The quantitative estimate of drug-likeness (QED) is 0.885. The third kappa shape index (κ3) is 2.93. The number of benzene rings is 1. The van der Waals surface area contributed by atoms with Crippen molar-refractivity contribution >= 4 is 0 Å². The van der Waals surface area contributed by atoms with E-state index in [1.54, 1.807) is 7.11 Å². The van der Waals surface area contributed by atoms with Crippen molar-refractivity contribution < 1.29 is 9.47 Å². The summed E-state index contributed by atoms with van der Waals surface area (Å²) in [5, 5.41) is 3.47. The van der Waals surface area contributed by atoms with Crippen LogP contribution in [-0.4, -0.2) is 26.9 Å². The molecule has 1 saturated heterocycles. The molecule has 1 fully saturated rings. The topological polar surface area (TPSA) is 30.5 Å². The van der Waals surface area contributed by atoms with Gasteiger partial charge in [0.25, 0.3) is 0 Å². The second-order valence-electron chi connectivity index (χ2n) is 5.28. The molecule has 1 N–H and O–H groups in total. The highest BCUT2D eigenvalue weighted by atomic mass is 16.5. The molecule has 19 heavy (non-hydrogen) atoms. The first-order chi connectivity index (χ1) is 9.21. The van der Waals surface area contributed by atoms with E-state index in [1.807, 2.05) is 7.05 Å². The van der Waals surface area contributed by atoms with Crippen LogP contribution in [0.15, 0.2) is 18.2 Å². The van der Waals surface area contributed by atoms with Crippen molar-refractivity contribution in [1.29, 1.82) is 0 Å². The molecule has 0 aliphatic carbocycles. The van der Waals surface area contributed by atoms with Gasteiger partial charge in [-0.2, -0.15) is 0 Å². The zero-order chi connectivity index (χ0) is 13.8. The molecular formula is C16H25NO2. The van der Waals surface area contributed by atoms with E-state index < -0.39 is 0 Å². The van der Waals surface area contributed by atoms with Crippen LogP contribution in [0.2, 0.25) is 0 Å². The summed E-state index contributed by atoms with van der Waals surface area (Å²) in [5.74, 6) is 1.48. The van der Waals surface area contributed by atoms with Gasteiger partial charge in [-0.15, -0.1) is 0 Å². The summed E-state index contributed by atoms with van der Waals surface area (Å²) in [6.45, 7) is 5.19. The van der Waals surface area contributed by atoms with Gasteiger partial charge >= 0.3 is 0 Å². The molecule has 3 unspecified atom stereocenters. The molecule has 0 saturated carbocycles. The first kappa shape index (κ1) is 14.4. The second kappa shape index (κ2) is 6.40. The second-order valence-corrected chi connectivity index (χ2v) is 5.28. The van der Waals surface area contributed by atoms with Crippen molar-refractivity contribution in [3.05, 3.63) is 29.3 Å². The fourth-order valence-corrected chi connectivity index (χ4v) is 3.16. The van der Waals surface area contributed by atoms with Crippen LogP contribution in [0.5, 0.6) is 5.75 Å². The van der Waals surface area contributed by atoms with Crippen LogP contribution in [0.3, 0.4) is 0 Å². The highest BCUT2D eigenvalue weighted by Gasteiger charge is 2.34. The van der Waals surface area contributed by atoms with E-state index in [0.29, 0.717) is 18.1 Å². The van der Waals surface area contributed by atoms with Gasteiger partial charge in [-0.05, 0) is 32.9 Å². The molecule has 1 aliphatic heterocycles. The largest absolute Gasteiger partial charge is 0.496 e. The first-order valence-electron chi connectivity index (χ1n) is 7.14. The number of nitrogens with one attached hydrogen (secondary N) is 1. The summed E-state index contributed by atoms with van der Waals surface area (Å²) >= 11 is 0. The predicted octanol–water partition coefficient (Wildman–Crippen LogP) is 3.08. The molecule has 0 radical (unpaired) electrons. The first-order valence-corrected chi connectivity index (χ1v) is 7.14. The third-order valence-corrected chi connectivity index (χ3v) is 4.12. The Bertz CT molecular complexity index is 419. The van der Waals surface area contributed by atoms with Crippen molar-refractivity contribution in [2.75, 3.05) is 20.8 Å². The molecule has 1 heterocycles. The average Bonchev–Trinajstić information content (AvgIpc) is 2.88. The molecule has 0 spiro atoms. The van der Waals surface area contributed by atoms with Crippen LogP contribution >= 0.6 is 0 Å². The van der Waals surface area contributed by atoms with E-state index >= 15 is 0 Å². The molecule has 0 amide bonds. The highest BCUT2D eigenvalue weighted by Crippen LogP contribution is 2.38. The fraction of sp³-hybridized carbons (Fsp3) is 0.625. The van der Waals surface area contributed by atoms with E-state index in [9.17, 15) is 0 Å². The number of hydrogen-bond donors (Lipinski definition) is 1. The lowest BCUT2D eigenvalue weighted by Crippen LogP contribution is -2.31. The Hall–Kier alpha value is -1.06. The van der Waals surface area contributed by atoms with Gasteiger partial charge in [0.2, 0.25) is 0 Å². The van der Waals surface area contributed by atoms with Crippen LogP contribution in [0.25, 0.3) is 0 Å². The van der Waals surface area contributed by atoms with Crippen LogP contribution in [0, 0.1) is 12.8 Å². The van der Waals surface area contributed by atoms with E-state index in [4.69, 9.17) is 9.47 Å². The maximum atomic E-state index is 5.84. The van der Waals surface area contributed by atoms with Gasteiger partial charge in [-0.25, -0.2) is 0 Å². The van der Waals surface area contributed by atoms with Gasteiger partial charge in [0.15, 0.2) is 0 Å². The molecule has 0 bridgehead atoms. The summed E-state index contributed by atoms with van der Waals surface area (Å²) in [7, 11) is 3.76.